The SMILES string of the molecule is CCCN(CCC)CCc1c[nH]c2cc(OP(=O)(O)O)ccc12. The van der Waals surface area contributed by atoms with Gasteiger partial charge in [-0.3, -0.25) is 9.79 Å². The van der Waals surface area contributed by atoms with Gasteiger partial charge in [-0.25, -0.2) is 4.57 Å². The van der Waals surface area contributed by atoms with E-state index in [1.165, 1.54) is 5.56 Å². The van der Waals surface area contributed by atoms with Crippen molar-refractivity contribution in [2.24, 2.45) is 0 Å². The number of phosphoric ester groups is 1. The second kappa shape index (κ2) is 7.97. The van der Waals surface area contributed by atoms with Crippen LogP contribution in [0.3, 0.4) is 0 Å². The smallest absolute Gasteiger partial charge is 0.404 e. The first-order chi connectivity index (χ1) is 10.9. The van der Waals surface area contributed by atoms with Gasteiger partial charge >= 0.3 is 7.82 Å². The number of aromatic nitrogens is 1. The summed E-state index contributed by atoms with van der Waals surface area (Å²) in [5.74, 6) is 0.165. The fraction of sp³-hybridized carbons (Fsp3) is 0.500. The van der Waals surface area contributed by atoms with Crippen molar-refractivity contribution < 1.29 is 18.9 Å². The Morgan fingerprint density at radius 1 is 1.17 bits per heavy atom. The Kier molecular flexibility index (Phi) is 6.25. The summed E-state index contributed by atoms with van der Waals surface area (Å²) in [7, 11) is -4.52. The third kappa shape index (κ3) is 5.36. The minimum Gasteiger partial charge on any atom is -0.404 e. The Morgan fingerprint density at radius 3 is 2.48 bits per heavy atom. The van der Waals surface area contributed by atoms with Crippen molar-refractivity contribution >= 4 is 18.7 Å². The zero-order valence-electron chi connectivity index (χ0n) is 13.7. The van der Waals surface area contributed by atoms with Gasteiger partial charge in [-0.05, 0) is 50.0 Å². The maximum atomic E-state index is 10.9. The first kappa shape index (κ1) is 18.0. The molecule has 0 bridgehead atoms. The van der Waals surface area contributed by atoms with E-state index in [0.29, 0.717) is 0 Å². The lowest BCUT2D eigenvalue weighted by Gasteiger charge is -2.20. The monoisotopic (exact) mass is 340 g/mol. The zero-order valence-corrected chi connectivity index (χ0v) is 14.6. The highest BCUT2D eigenvalue weighted by molar-refractivity contribution is 7.46. The average Bonchev–Trinajstić information content (AvgIpc) is 2.86. The first-order valence-electron chi connectivity index (χ1n) is 8.00. The first-order valence-corrected chi connectivity index (χ1v) is 9.53. The minimum atomic E-state index is -4.52. The fourth-order valence-corrected chi connectivity index (χ4v) is 3.20. The van der Waals surface area contributed by atoms with Crippen LogP contribution in [0.5, 0.6) is 5.75 Å². The summed E-state index contributed by atoms with van der Waals surface area (Å²) in [6.45, 7) is 7.61. The van der Waals surface area contributed by atoms with E-state index in [1.54, 1.807) is 12.1 Å². The second-order valence-electron chi connectivity index (χ2n) is 5.69. The Balaban J connectivity index is 2.09. The highest BCUT2D eigenvalue weighted by atomic mass is 31.2. The summed E-state index contributed by atoms with van der Waals surface area (Å²) in [5, 5.41) is 1.07. The van der Waals surface area contributed by atoms with Gasteiger partial charge in [0.2, 0.25) is 0 Å². The molecule has 0 atom stereocenters. The molecule has 128 valence electrons. The van der Waals surface area contributed by atoms with Gasteiger partial charge in [0.15, 0.2) is 0 Å². The molecule has 0 unspecified atom stereocenters. The summed E-state index contributed by atoms with van der Waals surface area (Å²) in [6, 6.07) is 5.05. The van der Waals surface area contributed by atoms with Gasteiger partial charge < -0.3 is 14.4 Å². The predicted octanol–water partition coefficient (Wildman–Crippen LogP) is 3.30. The van der Waals surface area contributed by atoms with Crippen molar-refractivity contribution in [2.45, 2.75) is 33.1 Å². The number of hydrogen-bond donors (Lipinski definition) is 3. The van der Waals surface area contributed by atoms with Gasteiger partial charge in [-0.2, -0.15) is 0 Å². The van der Waals surface area contributed by atoms with E-state index in [2.05, 4.69) is 28.3 Å². The highest BCUT2D eigenvalue weighted by Gasteiger charge is 2.16. The zero-order chi connectivity index (χ0) is 16.9. The van der Waals surface area contributed by atoms with Gasteiger partial charge in [-0.1, -0.05) is 13.8 Å². The number of H-pyrrole nitrogens is 1. The normalized spacial score (nSPS) is 12.2. The van der Waals surface area contributed by atoms with Gasteiger partial charge in [0.1, 0.15) is 5.75 Å². The van der Waals surface area contributed by atoms with E-state index < -0.39 is 7.82 Å². The molecule has 2 aromatic rings. The minimum absolute atomic E-state index is 0.165. The largest absolute Gasteiger partial charge is 0.524 e. The van der Waals surface area contributed by atoms with Gasteiger partial charge in [0, 0.05) is 29.7 Å². The van der Waals surface area contributed by atoms with E-state index in [4.69, 9.17) is 9.79 Å². The maximum absolute atomic E-state index is 10.9. The molecule has 0 amide bonds. The number of nitrogens with one attached hydrogen (secondary N) is 1. The number of phosphoric acid groups is 1. The number of rotatable bonds is 9. The van der Waals surface area contributed by atoms with E-state index in [0.717, 1.165) is 49.8 Å². The van der Waals surface area contributed by atoms with Crippen LogP contribution < -0.4 is 4.52 Å². The molecule has 3 N–H and O–H groups in total. The lowest BCUT2D eigenvalue weighted by Crippen LogP contribution is -2.27. The summed E-state index contributed by atoms with van der Waals surface area (Å²) in [4.78, 5) is 23.3. The molecule has 0 spiro atoms. The molecule has 0 aliphatic rings. The van der Waals surface area contributed by atoms with Crippen molar-refractivity contribution in [3.63, 3.8) is 0 Å². The number of aromatic amines is 1. The Labute approximate surface area is 136 Å². The fourth-order valence-electron chi connectivity index (χ4n) is 2.81. The number of nitrogens with zero attached hydrogens (tertiary/aromatic N) is 1. The van der Waals surface area contributed by atoms with Crippen molar-refractivity contribution in [1.82, 2.24) is 9.88 Å². The summed E-state index contributed by atoms with van der Waals surface area (Å²) >= 11 is 0. The topological polar surface area (TPSA) is 85.8 Å². The number of hydrogen-bond acceptors (Lipinski definition) is 3. The number of fused-ring (bicyclic) bond motifs is 1. The Morgan fingerprint density at radius 2 is 1.87 bits per heavy atom. The molecule has 2 rings (SSSR count). The molecule has 7 heteroatoms. The molecule has 1 aromatic carbocycles. The molecule has 0 fully saturated rings. The predicted molar refractivity (Wildman–Crippen MR) is 91.7 cm³/mol. The van der Waals surface area contributed by atoms with Gasteiger partial charge in [0.25, 0.3) is 0 Å². The molecular weight excluding hydrogens is 315 g/mol. The second-order valence-corrected chi connectivity index (χ2v) is 6.86. The van der Waals surface area contributed by atoms with Gasteiger partial charge in [-0.15, -0.1) is 0 Å². The van der Waals surface area contributed by atoms with E-state index >= 15 is 0 Å². The Hall–Kier alpha value is -1.33. The summed E-state index contributed by atoms with van der Waals surface area (Å²) in [6.07, 6.45) is 5.20. The molecule has 23 heavy (non-hydrogen) atoms. The van der Waals surface area contributed by atoms with Crippen LogP contribution in [0.1, 0.15) is 32.3 Å². The van der Waals surface area contributed by atoms with Crippen LogP contribution in [-0.2, 0) is 11.0 Å². The van der Waals surface area contributed by atoms with Crippen LogP contribution in [0.2, 0.25) is 0 Å². The molecule has 0 radical (unpaired) electrons. The molecule has 0 saturated carbocycles. The van der Waals surface area contributed by atoms with Crippen molar-refractivity contribution in [1.29, 1.82) is 0 Å². The van der Waals surface area contributed by atoms with Crippen molar-refractivity contribution in [3.8, 4) is 5.75 Å². The molecule has 1 aromatic heterocycles. The van der Waals surface area contributed by atoms with E-state index in [1.807, 2.05) is 12.3 Å². The standard InChI is InChI=1S/C16H25N2O4P/c1-3-8-18(9-4-2)10-7-13-12-17-16-11-14(5-6-15(13)16)22-23(19,20)21/h5-6,11-12,17H,3-4,7-10H2,1-2H3,(H2,19,20,21). The quantitative estimate of drug-likeness (QED) is 0.610. The molecule has 0 saturated heterocycles. The lowest BCUT2D eigenvalue weighted by atomic mass is 10.1. The van der Waals surface area contributed by atoms with E-state index in [9.17, 15) is 4.57 Å². The van der Waals surface area contributed by atoms with Crippen LogP contribution in [-0.4, -0.2) is 39.3 Å². The lowest BCUT2D eigenvalue weighted by molar-refractivity contribution is 0.278. The van der Waals surface area contributed by atoms with Crippen LogP contribution >= 0.6 is 7.82 Å². The van der Waals surface area contributed by atoms with Crippen LogP contribution in [0.15, 0.2) is 24.4 Å². The molecule has 1 heterocycles. The molecule has 0 aliphatic heterocycles. The van der Waals surface area contributed by atoms with Gasteiger partial charge in [0.05, 0.1) is 0 Å². The molecular formula is C16H25N2O4P. The van der Waals surface area contributed by atoms with Crippen LogP contribution in [0, 0.1) is 0 Å². The summed E-state index contributed by atoms with van der Waals surface area (Å²) in [5.41, 5.74) is 2.03. The summed E-state index contributed by atoms with van der Waals surface area (Å²) < 4.78 is 15.5. The van der Waals surface area contributed by atoms with Crippen molar-refractivity contribution in [2.75, 3.05) is 19.6 Å². The van der Waals surface area contributed by atoms with E-state index in [-0.39, 0.29) is 5.75 Å². The number of benzene rings is 1. The van der Waals surface area contributed by atoms with Crippen LogP contribution in [0.4, 0.5) is 0 Å². The highest BCUT2D eigenvalue weighted by Crippen LogP contribution is 2.38. The third-order valence-electron chi connectivity index (χ3n) is 3.74. The third-order valence-corrected chi connectivity index (χ3v) is 4.19. The van der Waals surface area contributed by atoms with Crippen LogP contribution in [0.25, 0.3) is 10.9 Å². The Bertz CT molecular complexity index is 674. The average molecular weight is 340 g/mol. The van der Waals surface area contributed by atoms with Crippen molar-refractivity contribution in [3.05, 3.63) is 30.0 Å². The maximum Gasteiger partial charge on any atom is 0.524 e. The molecule has 0 aliphatic carbocycles. The molecule has 6 nitrogen and oxygen atoms in total.